The maximum absolute atomic E-state index is 12.0. The molecule has 1 heterocycles. The van der Waals surface area contributed by atoms with Gasteiger partial charge in [0.2, 0.25) is 0 Å². The van der Waals surface area contributed by atoms with Crippen molar-refractivity contribution < 1.29 is 14.7 Å². The van der Waals surface area contributed by atoms with E-state index in [4.69, 9.17) is 5.11 Å². The van der Waals surface area contributed by atoms with E-state index in [1.165, 1.54) is 4.90 Å². The van der Waals surface area contributed by atoms with Crippen molar-refractivity contribution in [2.45, 2.75) is 26.8 Å². The molecule has 0 aliphatic rings. The van der Waals surface area contributed by atoms with Crippen LogP contribution in [0.2, 0.25) is 0 Å². The van der Waals surface area contributed by atoms with Crippen LogP contribution < -0.4 is 0 Å². The number of nitrogens with zero attached hydrogens (tertiary/aromatic N) is 1. The van der Waals surface area contributed by atoms with Crippen molar-refractivity contribution >= 4 is 11.9 Å². The number of aliphatic carboxylic acids is 1. The Morgan fingerprint density at radius 3 is 2.50 bits per heavy atom. The van der Waals surface area contributed by atoms with Gasteiger partial charge in [-0.05, 0) is 26.8 Å². The van der Waals surface area contributed by atoms with Crippen molar-refractivity contribution in [2.24, 2.45) is 0 Å². The van der Waals surface area contributed by atoms with Crippen LogP contribution in [0.3, 0.4) is 0 Å². The van der Waals surface area contributed by atoms with Gasteiger partial charge in [0, 0.05) is 17.9 Å². The lowest BCUT2D eigenvalue weighted by Crippen LogP contribution is -2.40. The highest BCUT2D eigenvalue weighted by Crippen LogP contribution is 2.11. The second-order valence-electron chi connectivity index (χ2n) is 3.94. The van der Waals surface area contributed by atoms with E-state index in [0.29, 0.717) is 5.56 Å². The molecule has 1 aromatic heterocycles. The molecule has 5 heteroatoms. The molecule has 88 valence electrons. The molecule has 0 aliphatic carbocycles. The quantitative estimate of drug-likeness (QED) is 0.808. The highest BCUT2D eigenvalue weighted by atomic mass is 16.4. The number of aryl methyl sites for hydroxylation is 1. The molecule has 0 atom stereocenters. The summed E-state index contributed by atoms with van der Waals surface area (Å²) in [7, 11) is 0. The fourth-order valence-corrected chi connectivity index (χ4v) is 1.47. The van der Waals surface area contributed by atoms with Crippen LogP contribution in [0.4, 0.5) is 0 Å². The van der Waals surface area contributed by atoms with Crippen LogP contribution in [-0.4, -0.2) is 39.5 Å². The Morgan fingerprint density at radius 2 is 2.12 bits per heavy atom. The monoisotopic (exact) mass is 224 g/mol. The van der Waals surface area contributed by atoms with E-state index in [9.17, 15) is 9.59 Å². The molecule has 1 aromatic rings. The first-order valence-electron chi connectivity index (χ1n) is 5.10. The first kappa shape index (κ1) is 12.3. The predicted molar refractivity (Wildman–Crippen MR) is 59.3 cm³/mol. The fraction of sp³-hybridized carbons (Fsp3) is 0.455. The summed E-state index contributed by atoms with van der Waals surface area (Å²) < 4.78 is 0. The third kappa shape index (κ3) is 2.62. The van der Waals surface area contributed by atoms with Gasteiger partial charge in [0.05, 0.1) is 5.56 Å². The standard InChI is InChI=1S/C11H16N2O3/c1-7(2)13(6-10(14)15)11(16)9-4-5-12-8(9)3/h4-5,7,12H,6H2,1-3H3,(H,14,15). The number of aromatic amines is 1. The van der Waals surface area contributed by atoms with Crippen LogP contribution in [0.1, 0.15) is 29.9 Å². The normalized spacial score (nSPS) is 10.5. The number of carboxylic acids is 1. The molecule has 0 radical (unpaired) electrons. The summed E-state index contributed by atoms with van der Waals surface area (Å²) in [5.74, 6) is -1.26. The van der Waals surface area contributed by atoms with Crippen molar-refractivity contribution in [3.05, 3.63) is 23.5 Å². The summed E-state index contributed by atoms with van der Waals surface area (Å²) >= 11 is 0. The van der Waals surface area contributed by atoms with Crippen LogP contribution in [0, 0.1) is 6.92 Å². The second kappa shape index (κ2) is 4.83. The molecule has 5 nitrogen and oxygen atoms in total. The molecule has 0 bridgehead atoms. The van der Waals surface area contributed by atoms with Gasteiger partial charge in [-0.3, -0.25) is 9.59 Å². The topological polar surface area (TPSA) is 73.4 Å². The zero-order valence-corrected chi connectivity index (χ0v) is 9.65. The average molecular weight is 224 g/mol. The summed E-state index contributed by atoms with van der Waals surface area (Å²) in [5.41, 5.74) is 1.27. The molecule has 2 N–H and O–H groups in total. The molecule has 0 aromatic carbocycles. The molecular formula is C11H16N2O3. The lowest BCUT2D eigenvalue weighted by atomic mass is 10.2. The van der Waals surface area contributed by atoms with Gasteiger partial charge in [0.15, 0.2) is 0 Å². The molecule has 0 fully saturated rings. The van der Waals surface area contributed by atoms with Gasteiger partial charge in [-0.1, -0.05) is 0 Å². The molecule has 0 spiro atoms. The van der Waals surface area contributed by atoms with E-state index in [2.05, 4.69) is 4.98 Å². The fourth-order valence-electron chi connectivity index (χ4n) is 1.47. The zero-order valence-electron chi connectivity index (χ0n) is 9.65. The number of carbonyl (C=O) groups excluding carboxylic acids is 1. The van der Waals surface area contributed by atoms with Gasteiger partial charge in [0.25, 0.3) is 5.91 Å². The highest BCUT2D eigenvalue weighted by molar-refractivity contribution is 5.97. The number of rotatable bonds is 4. The van der Waals surface area contributed by atoms with Crippen molar-refractivity contribution in [1.82, 2.24) is 9.88 Å². The number of carbonyl (C=O) groups is 2. The maximum Gasteiger partial charge on any atom is 0.323 e. The van der Waals surface area contributed by atoms with E-state index in [-0.39, 0.29) is 18.5 Å². The van der Waals surface area contributed by atoms with Gasteiger partial charge >= 0.3 is 5.97 Å². The smallest absolute Gasteiger partial charge is 0.323 e. The number of hydrogen-bond donors (Lipinski definition) is 2. The molecular weight excluding hydrogens is 208 g/mol. The molecule has 1 amide bonds. The van der Waals surface area contributed by atoms with Crippen LogP contribution >= 0.6 is 0 Å². The Morgan fingerprint density at radius 1 is 1.50 bits per heavy atom. The lowest BCUT2D eigenvalue weighted by molar-refractivity contribution is -0.138. The Balaban J connectivity index is 2.92. The van der Waals surface area contributed by atoms with Gasteiger partial charge in [0.1, 0.15) is 6.54 Å². The summed E-state index contributed by atoms with van der Waals surface area (Å²) in [4.78, 5) is 27.0. The minimum absolute atomic E-state index is 0.141. The van der Waals surface area contributed by atoms with E-state index in [0.717, 1.165) is 5.69 Å². The van der Waals surface area contributed by atoms with Gasteiger partial charge in [-0.2, -0.15) is 0 Å². The summed E-state index contributed by atoms with van der Waals surface area (Å²) in [5, 5.41) is 8.75. The lowest BCUT2D eigenvalue weighted by Gasteiger charge is -2.24. The SMILES string of the molecule is Cc1[nH]ccc1C(=O)N(CC(=O)O)C(C)C. The second-order valence-corrected chi connectivity index (χ2v) is 3.94. The molecule has 0 saturated carbocycles. The molecule has 0 saturated heterocycles. The van der Waals surface area contributed by atoms with E-state index < -0.39 is 5.97 Å². The first-order chi connectivity index (χ1) is 7.43. The average Bonchev–Trinajstić information content (AvgIpc) is 2.59. The minimum atomic E-state index is -1.00. The van der Waals surface area contributed by atoms with E-state index in [1.54, 1.807) is 33.0 Å². The Kier molecular flexibility index (Phi) is 3.71. The first-order valence-corrected chi connectivity index (χ1v) is 5.10. The van der Waals surface area contributed by atoms with Gasteiger partial charge in [-0.15, -0.1) is 0 Å². The molecule has 0 unspecified atom stereocenters. The third-order valence-electron chi connectivity index (χ3n) is 2.37. The number of nitrogens with one attached hydrogen (secondary N) is 1. The largest absolute Gasteiger partial charge is 0.480 e. The van der Waals surface area contributed by atoms with Gasteiger partial charge < -0.3 is 15.0 Å². The van der Waals surface area contributed by atoms with Crippen LogP contribution in [0.15, 0.2) is 12.3 Å². The van der Waals surface area contributed by atoms with E-state index >= 15 is 0 Å². The molecule has 16 heavy (non-hydrogen) atoms. The number of H-pyrrole nitrogens is 1. The maximum atomic E-state index is 12.0. The van der Waals surface area contributed by atoms with Crippen molar-refractivity contribution in [1.29, 1.82) is 0 Å². The van der Waals surface area contributed by atoms with Crippen LogP contribution in [-0.2, 0) is 4.79 Å². The Bertz CT molecular complexity index is 396. The van der Waals surface area contributed by atoms with E-state index in [1.807, 2.05) is 0 Å². The Hall–Kier alpha value is -1.78. The van der Waals surface area contributed by atoms with Crippen LogP contribution in [0.25, 0.3) is 0 Å². The predicted octanol–water partition coefficient (Wildman–Crippen LogP) is 1.26. The van der Waals surface area contributed by atoms with Crippen LogP contribution in [0.5, 0.6) is 0 Å². The summed E-state index contributed by atoms with van der Waals surface area (Å²) in [6.07, 6.45) is 1.67. The molecule has 1 rings (SSSR count). The summed E-state index contributed by atoms with van der Waals surface area (Å²) in [6.45, 7) is 5.10. The molecule has 0 aliphatic heterocycles. The minimum Gasteiger partial charge on any atom is -0.480 e. The van der Waals surface area contributed by atoms with Crippen molar-refractivity contribution in [3.8, 4) is 0 Å². The highest BCUT2D eigenvalue weighted by Gasteiger charge is 2.22. The number of amides is 1. The zero-order chi connectivity index (χ0) is 12.3. The number of carboxylic acid groups (broad SMARTS) is 1. The van der Waals surface area contributed by atoms with Gasteiger partial charge in [-0.25, -0.2) is 0 Å². The number of hydrogen-bond acceptors (Lipinski definition) is 2. The third-order valence-corrected chi connectivity index (χ3v) is 2.37. The summed E-state index contributed by atoms with van der Waals surface area (Å²) in [6, 6.07) is 1.52. The van der Waals surface area contributed by atoms with Crippen molar-refractivity contribution in [2.75, 3.05) is 6.54 Å². The number of aromatic nitrogens is 1. The van der Waals surface area contributed by atoms with Crippen molar-refractivity contribution in [3.63, 3.8) is 0 Å². The Labute approximate surface area is 94.1 Å².